The molecule has 0 amide bonds. The Labute approximate surface area is 366 Å². The van der Waals surface area contributed by atoms with Crippen LogP contribution in [-0.2, 0) is 14.3 Å². The fraction of sp³-hybridized carbons (Fsp3) is 0.980. The first-order valence-electron chi connectivity index (χ1n) is 26.0. The highest BCUT2D eigenvalue weighted by Gasteiger charge is 2.60. The van der Waals surface area contributed by atoms with Gasteiger partial charge in [0.15, 0.2) is 0 Å². The zero-order chi connectivity index (χ0) is 43.2. The van der Waals surface area contributed by atoms with Gasteiger partial charge in [0, 0.05) is 56.1 Å². The van der Waals surface area contributed by atoms with Gasteiger partial charge in [0.2, 0.25) is 6.04 Å². The summed E-state index contributed by atoms with van der Waals surface area (Å²) < 4.78 is 11.1. The topological polar surface area (TPSA) is 102 Å². The molecule has 8 nitrogen and oxygen atoms in total. The lowest BCUT2D eigenvalue weighted by molar-refractivity contribution is -0.529. The van der Waals surface area contributed by atoms with Crippen LogP contribution in [0.3, 0.4) is 0 Å². The molecule has 1 N–H and O–H groups in total. The van der Waals surface area contributed by atoms with E-state index in [9.17, 15) is 20.0 Å². The van der Waals surface area contributed by atoms with E-state index < -0.39 is 6.04 Å². The van der Waals surface area contributed by atoms with Gasteiger partial charge in [0.1, 0.15) is 0 Å². The van der Waals surface area contributed by atoms with Crippen LogP contribution in [-0.4, -0.2) is 73.0 Å². The number of esters is 1. The fourth-order valence-electron chi connectivity index (χ4n) is 9.65. The molecule has 1 fully saturated rings. The van der Waals surface area contributed by atoms with Crippen LogP contribution in [0.15, 0.2) is 0 Å². The third-order valence-corrected chi connectivity index (χ3v) is 13.5. The third kappa shape index (κ3) is 28.9. The lowest BCUT2D eigenvalue weighted by atomic mass is 9.94. The molecule has 0 spiro atoms. The zero-order valence-corrected chi connectivity index (χ0v) is 39.9. The Morgan fingerprint density at radius 2 is 1.03 bits per heavy atom. The first kappa shape index (κ1) is 55.8. The van der Waals surface area contributed by atoms with Gasteiger partial charge in [-0.05, 0) is 57.4 Å². The molecule has 1 aliphatic carbocycles. The van der Waals surface area contributed by atoms with Crippen molar-refractivity contribution in [3.8, 4) is 0 Å². The molecule has 0 aromatic carbocycles. The van der Waals surface area contributed by atoms with Crippen LogP contribution in [0.2, 0.25) is 0 Å². The van der Waals surface area contributed by atoms with Crippen LogP contribution in [0.25, 0.3) is 0 Å². The smallest absolute Gasteiger partial charge is 0.308 e. The minimum absolute atomic E-state index is 0.000668. The molecule has 6 atom stereocenters. The lowest BCUT2D eigenvalue weighted by Crippen LogP contribution is -2.36. The first-order chi connectivity index (χ1) is 28.9. The molecule has 0 aromatic heterocycles. The Bertz CT molecular complexity index is 951. The van der Waals surface area contributed by atoms with Crippen molar-refractivity contribution in [1.82, 2.24) is 4.90 Å². The van der Waals surface area contributed by atoms with Crippen LogP contribution in [0.5, 0.6) is 0 Å². The summed E-state index contributed by atoms with van der Waals surface area (Å²) in [7, 11) is 1.76. The minimum atomic E-state index is -0.561. The maximum atomic E-state index is 13.1. The summed E-state index contributed by atoms with van der Waals surface area (Å²) in [5, 5.41) is 22.9. The molecule has 350 valence electrons. The van der Waals surface area contributed by atoms with Gasteiger partial charge in [0.05, 0.1) is 12.5 Å². The van der Waals surface area contributed by atoms with Crippen molar-refractivity contribution in [2.45, 2.75) is 258 Å². The summed E-state index contributed by atoms with van der Waals surface area (Å²) in [6, 6.07) is -0.460. The second-order valence-electron chi connectivity index (χ2n) is 18.9. The number of aliphatic hydroxyl groups is 1. The second-order valence-corrected chi connectivity index (χ2v) is 18.9. The SMILES string of the molecule is CCCCCCCCCCCCCCCC(C1C(CO)C1N(CCCCCCOC)CC(C)CCCCCOC(=O)C(CCCCCC)CCCCCCCC)[N+](=O)[O-]. The summed E-state index contributed by atoms with van der Waals surface area (Å²) in [6.45, 7) is 12.3. The van der Waals surface area contributed by atoms with Crippen LogP contribution in [0.1, 0.15) is 246 Å². The molecule has 0 saturated heterocycles. The van der Waals surface area contributed by atoms with E-state index in [2.05, 4.69) is 32.6 Å². The average molecular weight is 837 g/mol. The normalized spacial score (nSPS) is 18.0. The standard InChI is InChI=1S/C51H100N2O6/c1-6-9-12-15-17-18-19-20-21-22-23-25-32-39-48(53(56)57)49-47(44-54)50(49)52(40-33-26-27-34-41-58-5)43-45(4)36-29-28-35-42-59-51(55)46(37-30-14-11-8-3)38-31-24-16-13-10-7-2/h45-50,54H,6-44H2,1-5H3. The number of rotatable bonds is 46. The molecule has 1 aliphatic rings. The van der Waals surface area contributed by atoms with E-state index in [4.69, 9.17) is 9.47 Å². The van der Waals surface area contributed by atoms with Crippen molar-refractivity contribution >= 4 is 5.97 Å². The highest BCUT2D eigenvalue weighted by atomic mass is 16.6. The molecule has 0 aliphatic heterocycles. The summed E-state index contributed by atoms with van der Waals surface area (Å²) in [5.74, 6) is 0.494. The first-order valence-corrected chi connectivity index (χ1v) is 26.0. The second kappa shape index (κ2) is 39.6. The van der Waals surface area contributed by atoms with Gasteiger partial charge in [-0.15, -0.1) is 0 Å². The summed E-state index contributed by atoms with van der Waals surface area (Å²) in [6.07, 6.45) is 39.9. The predicted molar refractivity (Wildman–Crippen MR) is 250 cm³/mol. The maximum absolute atomic E-state index is 13.1. The van der Waals surface area contributed by atoms with Crippen molar-refractivity contribution in [3.63, 3.8) is 0 Å². The van der Waals surface area contributed by atoms with Crippen molar-refractivity contribution in [3.05, 3.63) is 10.1 Å². The summed E-state index contributed by atoms with van der Waals surface area (Å²) in [5.41, 5.74) is 0. The van der Waals surface area contributed by atoms with Crippen LogP contribution >= 0.6 is 0 Å². The van der Waals surface area contributed by atoms with E-state index in [0.717, 1.165) is 110 Å². The number of ether oxygens (including phenoxy) is 2. The summed E-state index contributed by atoms with van der Waals surface area (Å²) >= 11 is 0. The van der Waals surface area contributed by atoms with E-state index in [1.807, 2.05) is 0 Å². The number of hydrogen-bond donors (Lipinski definition) is 1. The van der Waals surface area contributed by atoms with Crippen molar-refractivity contribution in [2.75, 3.05) is 40.0 Å². The van der Waals surface area contributed by atoms with Gasteiger partial charge >= 0.3 is 5.97 Å². The number of nitro groups is 1. The Balaban J connectivity index is 2.58. The van der Waals surface area contributed by atoms with E-state index in [0.29, 0.717) is 18.9 Å². The Kier molecular flexibility index (Phi) is 37.4. The van der Waals surface area contributed by atoms with Gasteiger partial charge in [-0.2, -0.15) is 0 Å². The summed E-state index contributed by atoms with van der Waals surface area (Å²) in [4.78, 5) is 28.1. The third-order valence-electron chi connectivity index (χ3n) is 13.5. The number of hydrogen-bond acceptors (Lipinski definition) is 7. The van der Waals surface area contributed by atoms with Crippen molar-refractivity contribution in [1.29, 1.82) is 0 Å². The van der Waals surface area contributed by atoms with Crippen molar-refractivity contribution < 1.29 is 24.3 Å². The van der Waals surface area contributed by atoms with Crippen LogP contribution < -0.4 is 0 Å². The number of aliphatic hydroxyl groups excluding tert-OH is 1. The average Bonchev–Trinajstić information content (AvgIpc) is 3.95. The van der Waals surface area contributed by atoms with E-state index in [1.54, 1.807) is 7.11 Å². The number of carbonyl (C=O) groups is 1. The zero-order valence-electron chi connectivity index (χ0n) is 39.9. The van der Waals surface area contributed by atoms with Gasteiger partial charge in [-0.3, -0.25) is 19.8 Å². The largest absolute Gasteiger partial charge is 0.465 e. The number of nitrogens with zero attached hydrogens (tertiary/aromatic N) is 2. The lowest BCUT2D eigenvalue weighted by Gasteiger charge is -2.27. The molecular weight excluding hydrogens is 737 g/mol. The monoisotopic (exact) mass is 837 g/mol. The highest BCUT2D eigenvalue weighted by Crippen LogP contribution is 2.48. The fourth-order valence-corrected chi connectivity index (χ4v) is 9.65. The predicted octanol–water partition coefficient (Wildman–Crippen LogP) is 14.3. The molecule has 59 heavy (non-hydrogen) atoms. The number of carbonyl (C=O) groups excluding carboxylic acids is 1. The molecular formula is C51H100N2O6. The number of methoxy groups -OCH3 is 1. The Morgan fingerprint density at radius 1 is 0.610 bits per heavy atom. The molecule has 0 aromatic rings. The quantitative estimate of drug-likeness (QED) is 0.0282. The molecule has 8 heteroatoms. The molecule has 0 radical (unpaired) electrons. The minimum Gasteiger partial charge on any atom is -0.465 e. The van der Waals surface area contributed by atoms with Crippen LogP contribution in [0.4, 0.5) is 0 Å². The van der Waals surface area contributed by atoms with E-state index >= 15 is 0 Å². The van der Waals surface area contributed by atoms with Gasteiger partial charge < -0.3 is 14.6 Å². The van der Waals surface area contributed by atoms with Gasteiger partial charge in [-0.25, -0.2) is 0 Å². The van der Waals surface area contributed by atoms with E-state index in [-0.39, 0.29) is 41.3 Å². The molecule has 0 heterocycles. The Morgan fingerprint density at radius 3 is 1.54 bits per heavy atom. The number of unbranched alkanes of at least 4 members (excludes halogenated alkanes) is 25. The van der Waals surface area contributed by atoms with Crippen molar-refractivity contribution in [2.24, 2.45) is 23.7 Å². The molecule has 6 unspecified atom stereocenters. The van der Waals surface area contributed by atoms with Gasteiger partial charge in [0.25, 0.3) is 0 Å². The Hall–Kier alpha value is -1.25. The molecule has 0 bridgehead atoms. The van der Waals surface area contributed by atoms with E-state index in [1.165, 1.54) is 122 Å². The molecule has 1 rings (SSSR count). The van der Waals surface area contributed by atoms with Crippen LogP contribution in [0, 0.1) is 33.8 Å². The maximum Gasteiger partial charge on any atom is 0.308 e. The molecule has 1 saturated carbocycles. The highest BCUT2D eigenvalue weighted by molar-refractivity contribution is 5.72. The van der Waals surface area contributed by atoms with Gasteiger partial charge in [-0.1, -0.05) is 195 Å².